The van der Waals surface area contributed by atoms with Gasteiger partial charge in [-0.05, 0) is 101 Å². The van der Waals surface area contributed by atoms with E-state index < -0.39 is 11.8 Å². The first-order valence-corrected chi connectivity index (χ1v) is 11.5. The Morgan fingerprint density at radius 2 is 1.73 bits per heavy atom. The zero-order valence-corrected chi connectivity index (χ0v) is 20.8. The van der Waals surface area contributed by atoms with Crippen LogP contribution in [0.25, 0.3) is 11.6 Å². The van der Waals surface area contributed by atoms with Gasteiger partial charge in [0.2, 0.25) is 0 Å². The molecule has 33 heavy (non-hydrogen) atoms. The molecule has 5 nitrogen and oxygen atoms in total. The quantitative estimate of drug-likeness (QED) is 0.392. The summed E-state index contributed by atoms with van der Waals surface area (Å²) in [6, 6.07) is 11.7. The lowest BCUT2D eigenvalue weighted by molar-refractivity contribution is -0.122. The highest BCUT2D eigenvalue weighted by Gasteiger charge is 2.35. The number of rotatable bonds is 3. The summed E-state index contributed by atoms with van der Waals surface area (Å²) >= 11 is 5.32. The van der Waals surface area contributed by atoms with Crippen LogP contribution in [-0.2, 0) is 9.59 Å². The van der Waals surface area contributed by atoms with E-state index in [1.54, 1.807) is 6.08 Å². The van der Waals surface area contributed by atoms with Crippen molar-refractivity contribution < 1.29 is 9.59 Å². The van der Waals surface area contributed by atoms with Gasteiger partial charge in [-0.25, -0.2) is 0 Å². The standard InChI is InChI=1S/C27H29N3O2S/c1-7-29-23-12-17(3)19(13-21(23)18(4)15-27(29,5)6)14-22-24(31)28-26(33)30(25(22)32)20-10-8-16(2)9-11-20/h8-15H,7H2,1-6H3,(H,28,31,33)/b22-14-. The maximum atomic E-state index is 13.4. The first-order chi connectivity index (χ1) is 15.5. The summed E-state index contributed by atoms with van der Waals surface area (Å²) in [5.41, 5.74) is 7.00. The number of aryl methyl sites for hydroxylation is 2. The topological polar surface area (TPSA) is 52.7 Å². The van der Waals surface area contributed by atoms with Crippen molar-refractivity contribution in [3.8, 4) is 0 Å². The molecule has 1 N–H and O–H groups in total. The SMILES string of the molecule is CCN1c2cc(C)c(/C=C3/C(=O)NC(=S)N(c4ccc(C)cc4)C3=O)cc2C(C)=CC1(C)C. The molecule has 0 unspecified atom stereocenters. The fourth-order valence-corrected chi connectivity index (χ4v) is 5.00. The molecule has 0 atom stereocenters. The Hall–Kier alpha value is -3.25. The van der Waals surface area contributed by atoms with E-state index in [-0.39, 0.29) is 16.2 Å². The largest absolute Gasteiger partial charge is 0.363 e. The second kappa shape index (κ2) is 8.27. The Kier molecular flexibility index (Phi) is 5.74. The van der Waals surface area contributed by atoms with Gasteiger partial charge in [-0.2, -0.15) is 0 Å². The Morgan fingerprint density at radius 1 is 1.06 bits per heavy atom. The molecule has 2 heterocycles. The zero-order chi connectivity index (χ0) is 24.1. The smallest absolute Gasteiger partial charge is 0.270 e. The molecule has 2 aliphatic rings. The Morgan fingerprint density at radius 3 is 2.36 bits per heavy atom. The van der Waals surface area contributed by atoms with Crippen LogP contribution >= 0.6 is 12.2 Å². The average molecular weight is 460 g/mol. The number of nitrogens with zero attached hydrogens (tertiary/aromatic N) is 2. The Balaban J connectivity index is 1.79. The summed E-state index contributed by atoms with van der Waals surface area (Å²) in [5, 5.41) is 2.76. The summed E-state index contributed by atoms with van der Waals surface area (Å²) in [6.45, 7) is 13.5. The third-order valence-corrected chi connectivity index (χ3v) is 6.66. The van der Waals surface area contributed by atoms with Crippen LogP contribution in [0.2, 0.25) is 0 Å². The lowest BCUT2D eigenvalue weighted by atomic mass is 9.86. The highest BCUT2D eigenvalue weighted by Crippen LogP contribution is 2.40. The summed E-state index contributed by atoms with van der Waals surface area (Å²) < 4.78 is 0. The first kappa shape index (κ1) is 22.9. The van der Waals surface area contributed by atoms with Gasteiger partial charge in [0.25, 0.3) is 11.8 Å². The van der Waals surface area contributed by atoms with Gasteiger partial charge in [0.1, 0.15) is 5.57 Å². The van der Waals surface area contributed by atoms with E-state index in [0.29, 0.717) is 5.69 Å². The Labute approximate surface area is 200 Å². The predicted molar refractivity (Wildman–Crippen MR) is 139 cm³/mol. The van der Waals surface area contributed by atoms with Gasteiger partial charge >= 0.3 is 0 Å². The summed E-state index contributed by atoms with van der Waals surface area (Å²) in [7, 11) is 0. The van der Waals surface area contributed by atoms with Crippen LogP contribution in [0.1, 0.15) is 49.9 Å². The molecular weight excluding hydrogens is 430 g/mol. The fourth-order valence-electron chi connectivity index (χ4n) is 4.72. The summed E-state index contributed by atoms with van der Waals surface area (Å²) in [5.74, 6) is -0.901. The first-order valence-electron chi connectivity index (χ1n) is 11.1. The van der Waals surface area contributed by atoms with Gasteiger partial charge in [0, 0.05) is 17.8 Å². The number of anilines is 2. The molecule has 4 rings (SSSR count). The van der Waals surface area contributed by atoms with Crippen LogP contribution in [-0.4, -0.2) is 29.0 Å². The van der Waals surface area contributed by atoms with E-state index in [2.05, 4.69) is 56.1 Å². The van der Waals surface area contributed by atoms with Crippen LogP contribution in [0.15, 0.2) is 48.0 Å². The molecule has 6 heteroatoms. The van der Waals surface area contributed by atoms with Crippen molar-refractivity contribution in [2.75, 3.05) is 16.3 Å². The molecule has 0 spiro atoms. The summed E-state index contributed by atoms with van der Waals surface area (Å²) in [6.07, 6.45) is 3.95. The highest BCUT2D eigenvalue weighted by atomic mass is 32.1. The maximum absolute atomic E-state index is 13.4. The third kappa shape index (κ3) is 4.00. The fraction of sp³-hybridized carbons (Fsp3) is 0.296. The molecule has 1 fully saturated rings. The number of likely N-dealkylation sites (N-methyl/N-ethyl adjacent to an activating group) is 1. The van der Waals surface area contributed by atoms with Crippen molar-refractivity contribution in [3.63, 3.8) is 0 Å². The maximum Gasteiger partial charge on any atom is 0.270 e. The van der Waals surface area contributed by atoms with E-state index in [1.807, 2.05) is 38.1 Å². The lowest BCUT2D eigenvalue weighted by Gasteiger charge is -2.43. The van der Waals surface area contributed by atoms with E-state index in [4.69, 9.17) is 12.2 Å². The molecule has 0 aliphatic carbocycles. The molecule has 0 bridgehead atoms. The number of hydrogen-bond acceptors (Lipinski definition) is 4. The molecule has 1 saturated heterocycles. The number of thiocarbonyl (C=S) groups is 1. The van der Waals surface area contributed by atoms with Crippen LogP contribution < -0.4 is 15.1 Å². The van der Waals surface area contributed by atoms with Gasteiger partial charge in [-0.15, -0.1) is 0 Å². The van der Waals surface area contributed by atoms with E-state index in [9.17, 15) is 9.59 Å². The molecule has 2 amide bonds. The second-order valence-corrected chi connectivity index (χ2v) is 9.63. The van der Waals surface area contributed by atoms with E-state index in [1.165, 1.54) is 16.2 Å². The zero-order valence-electron chi connectivity index (χ0n) is 19.9. The van der Waals surface area contributed by atoms with Crippen LogP contribution in [0.5, 0.6) is 0 Å². The molecule has 2 aromatic rings. The molecule has 0 radical (unpaired) electrons. The monoisotopic (exact) mass is 459 g/mol. The number of nitrogens with one attached hydrogen (secondary N) is 1. The van der Waals surface area contributed by atoms with Gasteiger partial charge in [-0.1, -0.05) is 23.8 Å². The molecule has 2 aromatic carbocycles. The number of carbonyl (C=O) groups is 2. The van der Waals surface area contributed by atoms with Crippen molar-refractivity contribution in [3.05, 3.63) is 70.3 Å². The minimum Gasteiger partial charge on any atom is -0.363 e. The van der Waals surface area contributed by atoms with Gasteiger partial charge in [-0.3, -0.25) is 19.8 Å². The number of benzene rings is 2. The minimum atomic E-state index is -0.478. The van der Waals surface area contributed by atoms with Crippen LogP contribution in [0.3, 0.4) is 0 Å². The molecule has 0 aromatic heterocycles. The molecule has 170 valence electrons. The van der Waals surface area contributed by atoms with Crippen molar-refractivity contribution in [1.29, 1.82) is 0 Å². The van der Waals surface area contributed by atoms with Crippen LogP contribution in [0, 0.1) is 13.8 Å². The minimum absolute atomic E-state index is 0.0670. The van der Waals surface area contributed by atoms with Crippen molar-refractivity contribution in [2.24, 2.45) is 0 Å². The van der Waals surface area contributed by atoms with Gasteiger partial charge < -0.3 is 4.90 Å². The lowest BCUT2D eigenvalue weighted by Crippen LogP contribution is -2.54. The number of hydrogen-bond donors (Lipinski definition) is 1. The number of amides is 2. The molecule has 0 saturated carbocycles. The second-order valence-electron chi connectivity index (χ2n) is 9.24. The number of fused-ring (bicyclic) bond motifs is 1. The number of allylic oxidation sites excluding steroid dienone is 1. The normalized spacial score (nSPS) is 18.9. The number of carbonyl (C=O) groups excluding carboxylic acids is 2. The average Bonchev–Trinajstić information content (AvgIpc) is 2.72. The van der Waals surface area contributed by atoms with Crippen LogP contribution in [0.4, 0.5) is 11.4 Å². The Bertz CT molecular complexity index is 1240. The van der Waals surface area contributed by atoms with Gasteiger partial charge in [0.15, 0.2) is 5.11 Å². The molecule has 2 aliphatic heterocycles. The van der Waals surface area contributed by atoms with Gasteiger partial charge in [0.05, 0.1) is 11.2 Å². The molecular formula is C27H29N3O2S. The van der Waals surface area contributed by atoms with Crippen molar-refractivity contribution in [2.45, 2.75) is 47.1 Å². The van der Waals surface area contributed by atoms with E-state index in [0.717, 1.165) is 28.8 Å². The third-order valence-electron chi connectivity index (χ3n) is 6.38. The predicted octanol–water partition coefficient (Wildman–Crippen LogP) is 5.16. The van der Waals surface area contributed by atoms with Crippen molar-refractivity contribution in [1.82, 2.24) is 5.32 Å². The van der Waals surface area contributed by atoms with Crippen molar-refractivity contribution >= 4 is 52.2 Å². The summed E-state index contributed by atoms with van der Waals surface area (Å²) in [4.78, 5) is 29.9. The highest BCUT2D eigenvalue weighted by molar-refractivity contribution is 7.80. The van der Waals surface area contributed by atoms with E-state index >= 15 is 0 Å².